The Morgan fingerprint density at radius 2 is 2.11 bits per heavy atom. The van der Waals surface area contributed by atoms with Crippen molar-refractivity contribution >= 4 is 16.3 Å². The molecule has 0 amide bonds. The predicted molar refractivity (Wildman–Crippen MR) is 74.1 cm³/mol. The van der Waals surface area contributed by atoms with E-state index in [0.29, 0.717) is 0 Å². The zero-order chi connectivity index (χ0) is 12.1. The first kappa shape index (κ1) is 10.1. The third kappa shape index (κ3) is 1.32. The van der Waals surface area contributed by atoms with E-state index in [0.717, 1.165) is 12.3 Å². The van der Waals surface area contributed by atoms with Crippen LogP contribution in [0.3, 0.4) is 0 Å². The topological polar surface area (TPSA) is 17.3 Å². The van der Waals surface area contributed by atoms with Gasteiger partial charge in [0.25, 0.3) is 0 Å². The number of fused-ring (bicyclic) bond motifs is 3. The molecule has 0 N–H and O–H groups in total. The summed E-state index contributed by atoms with van der Waals surface area (Å²) < 4.78 is 2.18. The normalized spacial score (nSPS) is 15.6. The van der Waals surface area contributed by atoms with Crippen LogP contribution >= 0.6 is 0 Å². The van der Waals surface area contributed by atoms with Crippen LogP contribution in [0.4, 0.5) is 0 Å². The summed E-state index contributed by atoms with van der Waals surface area (Å²) in [4.78, 5) is 0. The summed E-state index contributed by atoms with van der Waals surface area (Å²) in [6.45, 7) is 2.20. The lowest BCUT2D eigenvalue weighted by atomic mass is 10.1. The molecule has 0 atom stereocenters. The summed E-state index contributed by atoms with van der Waals surface area (Å²) in [5.41, 5.74) is 4.06. The predicted octanol–water partition coefficient (Wildman–Crippen LogP) is 3.93. The van der Waals surface area contributed by atoms with E-state index < -0.39 is 0 Å². The molecular weight excluding hydrogens is 220 g/mol. The summed E-state index contributed by atoms with van der Waals surface area (Å²) >= 11 is 0. The number of benzene rings is 1. The maximum Gasteiger partial charge on any atom is 0.0775 e. The van der Waals surface area contributed by atoms with Crippen molar-refractivity contribution in [2.24, 2.45) is 0 Å². The Balaban J connectivity index is 2.19. The van der Waals surface area contributed by atoms with Crippen LogP contribution in [0, 0.1) is 0 Å². The molecule has 2 aromatic heterocycles. The third-order valence-electron chi connectivity index (χ3n) is 3.99. The molecule has 1 aliphatic rings. The van der Waals surface area contributed by atoms with E-state index in [2.05, 4.69) is 46.9 Å². The number of hydrogen-bond donors (Lipinski definition) is 0. The van der Waals surface area contributed by atoms with Gasteiger partial charge in [0.15, 0.2) is 0 Å². The first-order valence-electron chi connectivity index (χ1n) is 6.76. The van der Waals surface area contributed by atoms with E-state index >= 15 is 0 Å². The molecule has 18 heavy (non-hydrogen) atoms. The van der Waals surface area contributed by atoms with Crippen LogP contribution in [0.25, 0.3) is 16.3 Å². The summed E-state index contributed by atoms with van der Waals surface area (Å²) in [7, 11) is 0. The van der Waals surface area contributed by atoms with Gasteiger partial charge in [0.2, 0.25) is 0 Å². The zero-order valence-corrected chi connectivity index (χ0v) is 10.6. The maximum atomic E-state index is 4.62. The molecule has 1 aromatic carbocycles. The van der Waals surface area contributed by atoms with E-state index in [1.165, 1.54) is 40.4 Å². The largest absolute Gasteiger partial charge is 0.237 e. The Bertz CT molecular complexity index is 735. The monoisotopic (exact) mass is 236 g/mol. The van der Waals surface area contributed by atoms with Crippen molar-refractivity contribution < 1.29 is 0 Å². The van der Waals surface area contributed by atoms with Gasteiger partial charge in [-0.1, -0.05) is 31.2 Å². The smallest absolute Gasteiger partial charge is 0.0775 e. The molecule has 2 nitrogen and oxygen atoms in total. The maximum absolute atomic E-state index is 4.62. The lowest BCUT2D eigenvalue weighted by molar-refractivity contribution is 0.863. The molecular formula is C16H16N2. The molecule has 0 unspecified atom stereocenters. The van der Waals surface area contributed by atoms with Gasteiger partial charge in [0.1, 0.15) is 0 Å². The molecule has 1 saturated carbocycles. The molecule has 0 spiro atoms. The second-order valence-corrected chi connectivity index (χ2v) is 5.21. The summed E-state index contributed by atoms with van der Waals surface area (Å²) in [5, 5.41) is 7.30. The summed E-state index contributed by atoms with van der Waals surface area (Å²) in [6, 6.07) is 11.0. The van der Waals surface area contributed by atoms with Crippen molar-refractivity contribution in [2.45, 2.75) is 32.1 Å². The molecule has 0 bridgehead atoms. The van der Waals surface area contributed by atoms with Gasteiger partial charge in [-0.3, -0.25) is 0 Å². The minimum atomic E-state index is 0.724. The fraction of sp³-hybridized carbons (Fsp3) is 0.312. The molecule has 0 radical (unpaired) electrons. The SMILES string of the molecule is CCc1cnn2c(C3CC3)cc3ccccc3c12. The van der Waals surface area contributed by atoms with Crippen LogP contribution in [0.1, 0.15) is 36.9 Å². The number of nitrogens with zero attached hydrogens (tertiary/aromatic N) is 2. The highest BCUT2D eigenvalue weighted by atomic mass is 15.2. The van der Waals surface area contributed by atoms with Gasteiger partial charge in [-0.2, -0.15) is 5.10 Å². The van der Waals surface area contributed by atoms with E-state index in [4.69, 9.17) is 0 Å². The van der Waals surface area contributed by atoms with Crippen LogP contribution in [0.2, 0.25) is 0 Å². The van der Waals surface area contributed by atoms with Crippen LogP contribution in [-0.2, 0) is 6.42 Å². The van der Waals surface area contributed by atoms with Crippen molar-refractivity contribution in [3.63, 3.8) is 0 Å². The zero-order valence-electron chi connectivity index (χ0n) is 10.6. The molecule has 4 rings (SSSR count). The Morgan fingerprint density at radius 3 is 2.89 bits per heavy atom. The van der Waals surface area contributed by atoms with Crippen LogP contribution in [0.15, 0.2) is 36.5 Å². The van der Waals surface area contributed by atoms with Crippen molar-refractivity contribution in [1.29, 1.82) is 0 Å². The van der Waals surface area contributed by atoms with Crippen molar-refractivity contribution in [1.82, 2.24) is 9.61 Å². The molecule has 0 saturated heterocycles. The Morgan fingerprint density at radius 1 is 1.28 bits per heavy atom. The molecule has 1 fully saturated rings. The molecule has 1 aliphatic carbocycles. The number of aryl methyl sites for hydroxylation is 1. The number of hydrogen-bond acceptors (Lipinski definition) is 1. The van der Waals surface area contributed by atoms with Crippen LogP contribution < -0.4 is 0 Å². The standard InChI is InChI=1S/C16H16N2/c1-2-11-10-17-18-15(12-7-8-12)9-13-5-3-4-6-14(13)16(11)18/h3-6,9-10,12H,2,7-8H2,1H3. The fourth-order valence-corrected chi connectivity index (χ4v) is 2.85. The van der Waals surface area contributed by atoms with Gasteiger partial charge in [-0.05, 0) is 36.3 Å². The molecule has 90 valence electrons. The summed E-state index contributed by atoms with van der Waals surface area (Å²) in [5.74, 6) is 0.724. The van der Waals surface area contributed by atoms with Gasteiger partial charge >= 0.3 is 0 Å². The van der Waals surface area contributed by atoms with Crippen LogP contribution in [-0.4, -0.2) is 9.61 Å². The van der Waals surface area contributed by atoms with E-state index in [1.54, 1.807) is 0 Å². The second kappa shape index (κ2) is 3.58. The Hall–Kier alpha value is -1.83. The number of aromatic nitrogens is 2. The Kier molecular flexibility index (Phi) is 2.01. The average molecular weight is 236 g/mol. The first-order chi connectivity index (χ1) is 8.88. The lowest BCUT2D eigenvalue weighted by Gasteiger charge is -2.08. The molecule has 2 heteroatoms. The minimum Gasteiger partial charge on any atom is -0.237 e. The molecule has 3 aromatic rings. The quantitative estimate of drug-likeness (QED) is 0.659. The van der Waals surface area contributed by atoms with Crippen LogP contribution in [0.5, 0.6) is 0 Å². The summed E-state index contributed by atoms with van der Waals surface area (Å²) in [6.07, 6.45) is 5.71. The van der Waals surface area contributed by atoms with E-state index in [1.807, 2.05) is 6.20 Å². The fourth-order valence-electron chi connectivity index (χ4n) is 2.85. The van der Waals surface area contributed by atoms with Gasteiger partial charge in [0.05, 0.1) is 11.7 Å². The highest BCUT2D eigenvalue weighted by Gasteiger charge is 2.27. The number of pyridine rings is 1. The first-order valence-corrected chi connectivity index (χ1v) is 6.76. The second-order valence-electron chi connectivity index (χ2n) is 5.21. The third-order valence-corrected chi connectivity index (χ3v) is 3.99. The average Bonchev–Trinajstić information content (AvgIpc) is 3.16. The molecule has 0 aliphatic heterocycles. The Labute approximate surface area is 106 Å². The van der Waals surface area contributed by atoms with Gasteiger partial charge in [-0.25, -0.2) is 4.52 Å². The highest BCUT2D eigenvalue weighted by molar-refractivity contribution is 5.97. The minimum absolute atomic E-state index is 0.724. The van der Waals surface area contributed by atoms with Crippen molar-refractivity contribution in [3.05, 3.63) is 47.8 Å². The molecule has 2 heterocycles. The number of rotatable bonds is 2. The van der Waals surface area contributed by atoms with Crippen molar-refractivity contribution in [2.75, 3.05) is 0 Å². The van der Waals surface area contributed by atoms with Gasteiger partial charge < -0.3 is 0 Å². The van der Waals surface area contributed by atoms with E-state index in [9.17, 15) is 0 Å². The van der Waals surface area contributed by atoms with Crippen molar-refractivity contribution in [3.8, 4) is 0 Å². The van der Waals surface area contributed by atoms with E-state index in [-0.39, 0.29) is 0 Å². The van der Waals surface area contributed by atoms with Gasteiger partial charge in [0, 0.05) is 17.0 Å². The lowest BCUT2D eigenvalue weighted by Crippen LogP contribution is -1.98. The highest BCUT2D eigenvalue weighted by Crippen LogP contribution is 2.41. The van der Waals surface area contributed by atoms with Gasteiger partial charge in [-0.15, -0.1) is 0 Å².